The Morgan fingerprint density at radius 3 is 2.81 bits per heavy atom. The van der Waals surface area contributed by atoms with E-state index in [1.165, 1.54) is 12.3 Å². The minimum Gasteiger partial charge on any atom is -0.397 e. The first-order valence-electron chi connectivity index (χ1n) is 6.45. The fraction of sp³-hybridized carbons (Fsp3) is 0.308. The molecule has 0 aliphatic rings. The maximum atomic E-state index is 13.2. The van der Waals surface area contributed by atoms with Gasteiger partial charge in [0.05, 0.1) is 11.4 Å². The normalized spacial score (nSPS) is 11.6. The van der Waals surface area contributed by atoms with Crippen molar-refractivity contribution in [3.05, 3.63) is 36.0 Å². The van der Waals surface area contributed by atoms with Crippen molar-refractivity contribution < 1.29 is 12.8 Å². The van der Waals surface area contributed by atoms with Gasteiger partial charge in [-0.15, -0.1) is 0 Å². The zero-order valence-corrected chi connectivity index (χ0v) is 12.6. The summed E-state index contributed by atoms with van der Waals surface area (Å²) in [6, 6.07) is 3.49. The van der Waals surface area contributed by atoms with Gasteiger partial charge >= 0.3 is 0 Å². The third-order valence-electron chi connectivity index (χ3n) is 2.95. The number of nitrogens with zero attached hydrogens (tertiary/aromatic N) is 2. The van der Waals surface area contributed by atoms with Crippen LogP contribution in [0.2, 0.25) is 0 Å². The van der Waals surface area contributed by atoms with Crippen LogP contribution in [0.1, 0.15) is 19.2 Å². The molecular weight excluding hydrogens is 295 g/mol. The molecule has 0 radical (unpaired) electrons. The topological polar surface area (TPSA) is 90.0 Å². The molecule has 0 saturated carbocycles. The number of nitrogens with two attached hydrogens (primary N) is 1. The molecule has 8 heteroatoms. The van der Waals surface area contributed by atoms with E-state index in [-0.39, 0.29) is 16.4 Å². The van der Waals surface area contributed by atoms with E-state index in [0.717, 1.165) is 18.6 Å². The summed E-state index contributed by atoms with van der Waals surface area (Å²) < 4.78 is 41.7. The summed E-state index contributed by atoms with van der Waals surface area (Å²) in [5.74, 6) is 0.0269. The lowest BCUT2D eigenvalue weighted by Gasteiger charge is -2.08. The SMILES string of the molecule is CCCn1cc(S(=O)(=O)Nc2cc(F)ccc2N)nc1C. The second kappa shape index (κ2) is 5.72. The van der Waals surface area contributed by atoms with Gasteiger partial charge in [-0.05, 0) is 25.5 Å². The van der Waals surface area contributed by atoms with Crippen LogP contribution >= 0.6 is 0 Å². The number of nitrogens with one attached hydrogen (secondary N) is 1. The average molecular weight is 312 g/mol. The van der Waals surface area contributed by atoms with Gasteiger partial charge in [-0.3, -0.25) is 4.72 Å². The molecule has 114 valence electrons. The second-order valence-electron chi connectivity index (χ2n) is 4.66. The lowest BCUT2D eigenvalue weighted by Crippen LogP contribution is -2.14. The number of sulfonamides is 1. The Morgan fingerprint density at radius 1 is 1.43 bits per heavy atom. The van der Waals surface area contributed by atoms with Gasteiger partial charge in [0, 0.05) is 18.8 Å². The fourth-order valence-corrected chi connectivity index (χ4v) is 2.98. The van der Waals surface area contributed by atoms with E-state index >= 15 is 0 Å². The first kappa shape index (κ1) is 15.3. The number of imidazole rings is 1. The quantitative estimate of drug-likeness (QED) is 0.828. The van der Waals surface area contributed by atoms with Crippen LogP contribution in [0.15, 0.2) is 29.4 Å². The van der Waals surface area contributed by atoms with E-state index in [0.29, 0.717) is 12.4 Å². The third kappa shape index (κ3) is 3.33. The molecule has 0 amide bonds. The number of anilines is 2. The summed E-state index contributed by atoms with van der Waals surface area (Å²) >= 11 is 0. The van der Waals surface area contributed by atoms with Gasteiger partial charge in [0.1, 0.15) is 11.6 Å². The predicted molar refractivity (Wildman–Crippen MR) is 78.9 cm³/mol. The standard InChI is InChI=1S/C13H17FN4O2S/c1-3-6-18-8-13(16-9(18)2)21(19,20)17-12-7-10(14)4-5-11(12)15/h4-5,7-8,17H,3,6,15H2,1-2H3. The number of rotatable bonds is 5. The first-order valence-corrected chi connectivity index (χ1v) is 7.93. The van der Waals surface area contributed by atoms with Crippen molar-refractivity contribution in [2.45, 2.75) is 31.8 Å². The van der Waals surface area contributed by atoms with Crippen molar-refractivity contribution in [1.29, 1.82) is 0 Å². The Morgan fingerprint density at radius 2 is 2.14 bits per heavy atom. The smallest absolute Gasteiger partial charge is 0.281 e. The van der Waals surface area contributed by atoms with Crippen LogP contribution in [-0.2, 0) is 16.6 Å². The van der Waals surface area contributed by atoms with Crippen LogP contribution in [0.25, 0.3) is 0 Å². The van der Waals surface area contributed by atoms with Crippen LogP contribution in [0.3, 0.4) is 0 Å². The van der Waals surface area contributed by atoms with E-state index in [1.54, 1.807) is 11.5 Å². The number of hydrogen-bond acceptors (Lipinski definition) is 4. The lowest BCUT2D eigenvalue weighted by atomic mass is 10.3. The van der Waals surface area contributed by atoms with Crippen molar-refractivity contribution >= 4 is 21.4 Å². The molecule has 0 spiro atoms. The molecule has 2 aromatic rings. The molecule has 1 aromatic carbocycles. The highest BCUT2D eigenvalue weighted by atomic mass is 32.2. The van der Waals surface area contributed by atoms with Gasteiger partial charge in [-0.25, -0.2) is 9.37 Å². The molecule has 0 bridgehead atoms. The molecule has 0 aliphatic heterocycles. The van der Waals surface area contributed by atoms with Gasteiger partial charge in [-0.2, -0.15) is 8.42 Å². The summed E-state index contributed by atoms with van der Waals surface area (Å²) in [5, 5.41) is -0.114. The van der Waals surface area contributed by atoms with Crippen LogP contribution in [-0.4, -0.2) is 18.0 Å². The predicted octanol–water partition coefficient (Wildman–Crippen LogP) is 2.12. The molecule has 0 saturated heterocycles. The Hall–Kier alpha value is -2.09. The highest BCUT2D eigenvalue weighted by Crippen LogP contribution is 2.23. The summed E-state index contributed by atoms with van der Waals surface area (Å²) in [5.41, 5.74) is 5.78. The highest BCUT2D eigenvalue weighted by Gasteiger charge is 2.20. The zero-order chi connectivity index (χ0) is 15.6. The fourth-order valence-electron chi connectivity index (χ4n) is 1.89. The van der Waals surface area contributed by atoms with Crippen molar-refractivity contribution in [2.24, 2.45) is 0 Å². The molecule has 0 fully saturated rings. The van der Waals surface area contributed by atoms with Crippen LogP contribution < -0.4 is 10.5 Å². The minimum atomic E-state index is -3.90. The second-order valence-corrected chi connectivity index (χ2v) is 6.29. The van der Waals surface area contributed by atoms with E-state index in [2.05, 4.69) is 9.71 Å². The molecule has 0 atom stereocenters. The Balaban J connectivity index is 2.34. The number of nitrogen functional groups attached to an aromatic ring is 1. The highest BCUT2D eigenvalue weighted by molar-refractivity contribution is 7.92. The van der Waals surface area contributed by atoms with Gasteiger partial charge in [0.25, 0.3) is 10.0 Å². The average Bonchev–Trinajstić information content (AvgIpc) is 2.77. The van der Waals surface area contributed by atoms with Gasteiger partial charge in [0.2, 0.25) is 0 Å². The number of aryl methyl sites for hydroxylation is 2. The number of hydrogen-bond donors (Lipinski definition) is 2. The van der Waals surface area contributed by atoms with Crippen molar-refractivity contribution in [3.63, 3.8) is 0 Å². The first-order chi connectivity index (χ1) is 9.83. The van der Waals surface area contributed by atoms with Gasteiger partial charge in [-0.1, -0.05) is 6.92 Å². The summed E-state index contributed by atoms with van der Waals surface area (Å²) in [7, 11) is -3.90. The lowest BCUT2D eigenvalue weighted by molar-refractivity contribution is 0.597. The number of aromatic nitrogens is 2. The Labute approximate surface area is 122 Å². The van der Waals surface area contributed by atoms with Crippen molar-refractivity contribution in [3.8, 4) is 0 Å². The number of benzene rings is 1. The van der Waals surface area contributed by atoms with Gasteiger partial charge in [0.15, 0.2) is 5.03 Å². The molecule has 6 nitrogen and oxygen atoms in total. The largest absolute Gasteiger partial charge is 0.397 e. The molecular formula is C13H17FN4O2S. The van der Waals surface area contributed by atoms with E-state index < -0.39 is 15.8 Å². The monoisotopic (exact) mass is 312 g/mol. The summed E-state index contributed by atoms with van der Waals surface area (Å²) in [4.78, 5) is 4.03. The van der Waals surface area contributed by atoms with Crippen LogP contribution in [0.4, 0.5) is 15.8 Å². The molecule has 21 heavy (non-hydrogen) atoms. The van der Waals surface area contributed by atoms with E-state index in [1.807, 2.05) is 6.92 Å². The molecule has 3 N–H and O–H groups in total. The third-order valence-corrected chi connectivity index (χ3v) is 4.19. The molecule has 0 unspecified atom stereocenters. The van der Waals surface area contributed by atoms with Gasteiger partial charge < -0.3 is 10.3 Å². The van der Waals surface area contributed by atoms with Crippen molar-refractivity contribution in [1.82, 2.24) is 9.55 Å². The molecule has 1 heterocycles. The molecule has 0 aliphatic carbocycles. The molecule has 1 aromatic heterocycles. The van der Waals surface area contributed by atoms with E-state index in [9.17, 15) is 12.8 Å². The maximum absolute atomic E-state index is 13.2. The number of halogens is 1. The van der Waals surface area contributed by atoms with E-state index in [4.69, 9.17) is 5.73 Å². The Kier molecular flexibility index (Phi) is 4.17. The maximum Gasteiger partial charge on any atom is 0.281 e. The minimum absolute atomic E-state index is 0.00213. The summed E-state index contributed by atoms with van der Waals surface area (Å²) in [6.45, 7) is 4.39. The zero-order valence-electron chi connectivity index (χ0n) is 11.8. The van der Waals surface area contributed by atoms with Crippen LogP contribution in [0.5, 0.6) is 0 Å². The van der Waals surface area contributed by atoms with Crippen molar-refractivity contribution in [2.75, 3.05) is 10.5 Å². The summed E-state index contributed by atoms with van der Waals surface area (Å²) in [6.07, 6.45) is 2.32. The molecule has 2 rings (SSSR count). The van der Waals surface area contributed by atoms with Crippen LogP contribution in [0, 0.1) is 12.7 Å². The Bertz CT molecular complexity index is 756.